The average molecular weight is 283 g/mol. The van der Waals surface area contributed by atoms with E-state index in [9.17, 15) is 4.79 Å². The quantitative estimate of drug-likeness (QED) is 0.453. The van der Waals surface area contributed by atoms with Crippen LogP contribution in [0.2, 0.25) is 0 Å². The molecular weight excluding hydrogens is 262 g/mol. The van der Waals surface area contributed by atoms with Crippen molar-refractivity contribution in [2.24, 2.45) is 5.92 Å². The van der Waals surface area contributed by atoms with E-state index >= 15 is 0 Å². The number of unbranched alkanes of at least 4 members (excludes halogenated alkanes) is 1. The predicted molar refractivity (Wildman–Crippen MR) is 81.5 cm³/mol. The molecule has 110 valence electrons. The van der Waals surface area contributed by atoms with Gasteiger partial charge in [-0.1, -0.05) is 18.2 Å². The van der Waals surface area contributed by atoms with Crippen LogP contribution in [-0.4, -0.2) is 12.1 Å². The molecule has 0 saturated carbocycles. The molecule has 0 amide bonds. The zero-order valence-corrected chi connectivity index (χ0v) is 12.3. The lowest BCUT2D eigenvalue weighted by Gasteiger charge is -2.27. The van der Waals surface area contributed by atoms with Crippen LogP contribution in [0, 0.1) is 17.2 Å². The summed E-state index contributed by atoms with van der Waals surface area (Å²) in [5.41, 5.74) is 1.95. The van der Waals surface area contributed by atoms with Crippen LogP contribution in [0.25, 0.3) is 0 Å². The minimum Gasteiger partial charge on any atom is -0.462 e. The van der Waals surface area contributed by atoms with Crippen LogP contribution in [0.3, 0.4) is 0 Å². The van der Waals surface area contributed by atoms with E-state index in [0.29, 0.717) is 12.0 Å². The molecule has 1 aliphatic rings. The normalized spacial score (nSPS) is 21.4. The van der Waals surface area contributed by atoms with Crippen molar-refractivity contribution in [2.45, 2.75) is 44.6 Å². The number of ether oxygens (including phenoxy) is 1. The Morgan fingerprint density at radius 3 is 2.76 bits per heavy atom. The highest BCUT2D eigenvalue weighted by Gasteiger charge is 2.26. The number of benzene rings is 1. The molecule has 1 saturated heterocycles. The average Bonchev–Trinajstić information content (AvgIpc) is 2.51. The van der Waals surface area contributed by atoms with Gasteiger partial charge < -0.3 is 4.74 Å². The van der Waals surface area contributed by atoms with Gasteiger partial charge in [0.05, 0.1) is 18.1 Å². The van der Waals surface area contributed by atoms with E-state index in [0.717, 1.165) is 32.1 Å². The maximum atomic E-state index is 11.5. The van der Waals surface area contributed by atoms with Crippen LogP contribution < -0.4 is 0 Å². The summed E-state index contributed by atoms with van der Waals surface area (Å²) in [6, 6.07) is 9.84. The molecule has 2 atom stereocenters. The number of carbonyl (C=O) groups excluding carboxylic acids is 1. The van der Waals surface area contributed by atoms with Gasteiger partial charge in [-0.05, 0) is 55.7 Å². The number of esters is 1. The Balaban J connectivity index is 1.70. The molecule has 0 spiro atoms. The Morgan fingerprint density at radius 2 is 2.10 bits per heavy atom. The van der Waals surface area contributed by atoms with Crippen molar-refractivity contribution in [1.29, 1.82) is 5.26 Å². The van der Waals surface area contributed by atoms with Crippen molar-refractivity contribution in [1.82, 2.24) is 0 Å². The number of carbonyl (C=O) groups is 1. The first kappa shape index (κ1) is 15.3. The number of hydrogen-bond acceptors (Lipinski definition) is 3. The second kappa shape index (κ2) is 7.64. The van der Waals surface area contributed by atoms with E-state index in [-0.39, 0.29) is 18.0 Å². The summed E-state index contributed by atoms with van der Waals surface area (Å²) in [6.45, 7) is 3.77. The summed E-state index contributed by atoms with van der Waals surface area (Å²) in [4.78, 5) is 11.5. The number of rotatable bonds is 6. The first-order valence-corrected chi connectivity index (χ1v) is 7.52. The SMILES string of the molecule is C=C[C@H]1CC(=O)O[C@H](CCCCc2ccc(C#N)cc2)C1. The largest absolute Gasteiger partial charge is 0.462 e. The molecule has 0 unspecified atom stereocenters. The van der Waals surface area contributed by atoms with E-state index < -0.39 is 0 Å². The molecule has 1 fully saturated rings. The minimum absolute atomic E-state index is 0.0511. The lowest BCUT2D eigenvalue weighted by atomic mass is 9.92. The summed E-state index contributed by atoms with van der Waals surface area (Å²) < 4.78 is 5.38. The minimum atomic E-state index is -0.0942. The molecule has 21 heavy (non-hydrogen) atoms. The smallest absolute Gasteiger partial charge is 0.306 e. The number of cyclic esters (lactones) is 1. The second-order valence-corrected chi connectivity index (χ2v) is 5.60. The van der Waals surface area contributed by atoms with Crippen LogP contribution in [0.1, 0.15) is 43.2 Å². The maximum Gasteiger partial charge on any atom is 0.306 e. The van der Waals surface area contributed by atoms with Gasteiger partial charge in [-0.2, -0.15) is 5.26 Å². The van der Waals surface area contributed by atoms with E-state index in [1.54, 1.807) is 0 Å². The first-order chi connectivity index (χ1) is 10.2. The van der Waals surface area contributed by atoms with Gasteiger partial charge in [0.15, 0.2) is 0 Å². The Bertz CT molecular complexity index is 527. The lowest BCUT2D eigenvalue weighted by molar-refractivity contribution is -0.156. The number of aryl methyl sites for hydroxylation is 1. The van der Waals surface area contributed by atoms with Gasteiger partial charge in [0, 0.05) is 0 Å². The van der Waals surface area contributed by atoms with Crippen molar-refractivity contribution in [3.63, 3.8) is 0 Å². The highest BCUT2D eigenvalue weighted by atomic mass is 16.5. The molecule has 2 rings (SSSR count). The van der Waals surface area contributed by atoms with Crippen LogP contribution in [-0.2, 0) is 16.0 Å². The highest BCUT2D eigenvalue weighted by Crippen LogP contribution is 2.25. The third-order valence-electron chi connectivity index (χ3n) is 3.95. The topological polar surface area (TPSA) is 50.1 Å². The van der Waals surface area contributed by atoms with E-state index in [1.165, 1.54) is 5.56 Å². The van der Waals surface area contributed by atoms with Crippen molar-refractivity contribution >= 4 is 5.97 Å². The highest BCUT2D eigenvalue weighted by molar-refractivity contribution is 5.70. The number of nitriles is 1. The Hall–Kier alpha value is -2.08. The third kappa shape index (κ3) is 4.75. The lowest BCUT2D eigenvalue weighted by Crippen LogP contribution is -2.28. The van der Waals surface area contributed by atoms with Gasteiger partial charge in [-0.25, -0.2) is 0 Å². The summed E-state index contributed by atoms with van der Waals surface area (Å²) >= 11 is 0. The zero-order valence-electron chi connectivity index (χ0n) is 12.3. The van der Waals surface area contributed by atoms with Crippen molar-refractivity contribution in [3.05, 3.63) is 48.0 Å². The monoisotopic (exact) mass is 283 g/mol. The van der Waals surface area contributed by atoms with Gasteiger partial charge in [-0.15, -0.1) is 6.58 Å². The molecule has 1 aliphatic heterocycles. The van der Waals surface area contributed by atoms with Crippen LogP contribution in [0.15, 0.2) is 36.9 Å². The first-order valence-electron chi connectivity index (χ1n) is 7.52. The van der Waals surface area contributed by atoms with Crippen molar-refractivity contribution in [3.8, 4) is 6.07 Å². The molecule has 0 aliphatic carbocycles. The Kier molecular flexibility index (Phi) is 5.57. The second-order valence-electron chi connectivity index (χ2n) is 5.60. The fourth-order valence-corrected chi connectivity index (χ4v) is 2.72. The fraction of sp³-hybridized carbons (Fsp3) is 0.444. The molecule has 1 aromatic rings. The van der Waals surface area contributed by atoms with Crippen LogP contribution in [0.5, 0.6) is 0 Å². The van der Waals surface area contributed by atoms with E-state index in [1.807, 2.05) is 30.3 Å². The predicted octanol–water partition coefficient (Wildman–Crippen LogP) is 3.78. The number of hydrogen-bond donors (Lipinski definition) is 0. The number of nitrogens with zero attached hydrogens (tertiary/aromatic N) is 1. The molecular formula is C18H21NO2. The Labute approximate surface area is 126 Å². The van der Waals surface area contributed by atoms with Gasteiger partial charge in [0.1, 0.15) is 6.10 Å². The van der Waals surface area contributed by atoms with Gasteiger partial charge in [0.25, 0.3) is 0 Å². The molecule has 0 radical (unpaired) electrons. The zero-order chi connectivity index (χ0) is 15.1. The van der Waals surface area contributed by atoms with Crippen LogP contribution >= 0.6 is 0 Å². The van der Waals surface area contributed by atoms with Crippen LogP contribution in [0.4, 0.5) is 0 Å². The third-order valence-corrected chi connectivity index (χ3v) is 3.95. The fourth-order valence-electron chi connectivity index (χ4n) is 2.72. The maximum absolute atomic E-state index is 11.5. The van der Waals surface area contributed by atoms with E-state index in [4.69, 9.17) is 10.00 Å². The summed E-state index contributed by atoms with van der Waals surface area (Å²) in [6.07, 6.45) is 7.33. The standard InChI is InChI=1S/C18H21NO2/c1-2-14-11-17(21-18(20)12-14)6-4-3-5-15-7-9-16(13-19)10-8-15/h2,7-10,14,17H,1,3-6,11-12H2/t14-,17-/m1/s1. The molecule has 0 aromatic heterocycles. The summed E-state index contributed by atoms with van der Waals surface area (Å²) in [7, 11) is 0. The summed E-state index contributed by atoms with van der Waals surface area (Å²) in [5.74, 6) is 0.179. The van der Waals surface area contributed by atoms with Crippen molar-refractivity contribution < 1.29 is 9.53 Å². The van der Waals surface area contributed by atoms with Crippen molar-refractivity contribution in [2.75, 3.05) is 0 Å². The molecule has 3 nitrogen and oxygen atoms in total. The van der Waals surface area contributed by atoms with Gasteiger partial charge >= 0.3 is 5.97 Å². The van der Waals surface area contributed by atoms with E-state index in [2.05, 4.69) is 12.6 Å². The molecule has 0 N–H and O–H groups in total. The van der Waals surface area contributed by atoms with Gasteiger partial charge in [0.2, 0.25) is 0 Å². The molecule has 1 aromatic carbocycles. The molecule has 0 bridgehead atoms. The number of allylic oxidation sites excluding steroid dienone is 1. The molecule has 1 heterocycles. The molecule has 3 heteroatoms. The Morgan fingerprint density at radius 1 is 1.33 bits per heavy atom. The van der Waals surface area contributed by atoms with Gasteiger partial charge in [-0.3, -0.25) is 4.79 Å². The summed E-state index contributed by atoms with van der Waals surface area (Å²) in [5, 5.41) is 8.75.